The molecule has 2 heterocycles. The van der Waals surface area contributed by atoms with Crippen LogP contribution in [0.3, 0.4) is 0 Å². The maximum atomic E-state index is 10.3. The summed E-state index contributed by atoms with van der Waals surface area (Å²) in [5.41, 5.74) is 4.39. The molecule has 5 nitrogen and oxygen atoms in total. The number of nitrogens with zero attached hydrogens (tertiary/aromatic N) is 2. The maximum absolute atomic E-state index is 10.3. The molecule has 0 aliphatic carbocycles. The first kappa shape index (κ1) is 22.6. The predicted octanol–water partition coefficient (Wildman–Crippen LogP) is 6.74. The van der Waals surface area contributed by atoms with Gasteiger partial charge in [0.25, 0.3) is 0 Å². The Balaban J connectivity index is 1.40. The fraction of sp³-hybridized carbons (Fsp3) is 0.125. The van der Waals surface area contributed by atoms with E-state index in [0.29, 0.717) is 5.88 Å². The molecule has 0 amide bonds. The van der Waals surface area contributed by atoms with E-state index in [4.69, 9.17) is 14.5 Å². The molecule has 5 heteroatoms. The molecule has 0 radical (unpaired) electrons. The van der Waals surface area contributed by atoms with Crippen LogP contribution in [-0.4, -0.2) is 5.90 Å². The van der Waals surface area contributed by atoms with Gasteiger partial charge in [-0.2, -0.15) is 5.26 Å². The van der Waals surface area contributed by atoms with E-state index in [9.17, 15) is 5.26 Å². The number of rotatable bonds is 5. The van der Waals surface area contributed by atoms with Crippen molar-refractivity contribution >= 4 is 5.90 Å². The van der Waals surface area contributed by atoms with Crippen molar-refractivity contribution in [1.29, 1.82) is 5.26 Å². The Morgan fingerprint density at radius 3 is 1.65 bits per heavy atom. The molecule has 0 spiro atoms. The molecule has 37 heavy (non-hydrogen) atoms. The van der Waals surface area contributed by atoms with Gasteiger partial charge in [-0.1, -0.05) is 121 Å². The number of ether oxygens (including phenoxy) is 2. The van der Waals surface area contributed by atoms with Crippen LogP contribution in [0.15, 0.2) is 138 Å². The third-order valence-electron chi connectivity index (χ3n) is 6.72. The van der Waals surface area contributed by atoms with E-state index in [0.717, 1.165) is 22.3 Å². The van der Waals surface area contributed by atoms with E-state index in [1.54, 1.807) is 0 Å². The van der Waals surface area contributed by atoms with E-state index in [1.165, 1.54) is 0 Å². The Morgan fingerprint density at radius 1 is 0.622 bits per heavy atom. The van der Waals surface area contributed by atoms with E-state index >= 15 is 0 Å². The number of nitrogens with one attached hydrogen (secondary N) is 1. The predicted molar refractivity (Wildman–Crippen MR) is 142 cm³/mol. The van der Waals surface area contributed by atoms with E-state index in [2.05, 4.69) is 23.5 Å². The third-order valence-corrected chi connectivity index (χ3v) is 6.72. The van der Waals surface area contributed by atoms with Crippen molar-refractivity contribution in [1.82, 2.24) is 5.32 Å². The summed E-state index contributed by atoms with van der Waals surface area (Å²) >= 11 is 0. The minimum Gasteiger partial charge on any atom is -0.467 e. The van der Waals surface area contributed by atoms with Crippen molar-refractivity contribution in [3.63, 3.8) is 0 Å². The summed E-state index contributed by atoms with van der Waals surface area (Å²) in [6, 6.07) is 42.1. The normalized spacial score (nSPS) is 23.7. The molecule has 1 fully saturated rings. The summed E-state index contributed by atoms with van der Waals surface area (Å²) in [5, 5.41) is 13.8. The van der Waals surface area contributed by atoms with Crippen molar-refractivity contribution in [3.05, 3.63) is 155 Å². The Bertz CT molecular complexity index is 1410. The molecule has 4 aromatic rings. The summed E-state index contributed by atoms with van der Waals surface area (Å²) in [6.45, 7) is 0. The molecule has 180 valence electrons. The average Bonchev–Trinajstić information content (AvgIpc) is 3.61. The number of benzene rings is 4. The fourth-order valence-corrected chi connectivity index (χ4v) is 4.92. The topological polar surface area (TPSA) is 66.6 Å². The lowest BCUT2D eigenvalue weighted by Crippen LogP contribution is -2.18. The van der Waals surface area contributed by atoms with Crippen LogP contribution in [0.2, 0.25) is 0 Å². The molecule has 0 saturated carbocycles. The van der Waals surface area contributed by atoms with Gasteiger partial charge >= 0.3 is 0 Å². The zero-order chi connectivity index (χ0) is 25.0. The minimum atomic E-state index is -0.348. The Kier molecular flexibility index (Phi) is 6.14. The molecule has 4 aromatic carbocycles. The van der Waals surface area contributed by atoms with Crippen LogP contribution >= 0.6 is 0 Å². The highest BCUT2D eigenvalue weighted by atomic mass is 16.5. The average molecular weight is 484 g/mol. The summed E-state index contributed by atoms with van der Waals surface area (Å²) in [6.07, 6.45) is -0.655. The Hall–Kier alpha value is -4.82. The van der Waals surface area contributed by atoms with Gasteiger partial charge in [0.05, 0.1) is 6.04 Å². The lowest BCUT2D eigenvalue weighted by Gasteiger charge is -2.18. The van der Waals surface area contributed by atoms with Gasteiger partial charge in [0.1, 0.15) is 18.2 Å². The van der Waals surface area contributed by atoms with E-state index < -0.39 is 0 Å². The summed E-state index contributed by atoms with van der Waals surface area (Å²) in [5.74, 6) is 0.665. The summed E-state index contributed by atoms with van der Waals surface area (Å²) in [7, 11) is 0. The lowest BCUT2D eigenvalue weighted by molar-refractivity contribution is 0.149. The second kappa shape index (κ2) is 10.0. The monoisotopic (exact) mass is 483 g/mol. The first-order chi connectivity index (χ1) is 18.3. The van der Waals surface area contributed by atoms with Gasteiger partial charge in [-0.15, -0.1) is 0 Å². The third kappa shape index (κ3) is 4.46. The van der Waals surface area contributed by atoms with Crippen LogP contribution in [0.1, 0.15) is 46.5 Å². The second-order valence-electron chi connectivity index (χ2n) is 9.04. The van der Waals surface area contributed by atoms with Crippen molar-refractivity contribution in [2.24, 2.45) is 4.99 Å². The fourth-order valence-electron chi connectivity index (χ4n) is 4.92. The summed E-state index contributed by atoms with van der Waals surface area (Å²) < 4.78 is 12.9. The lowest BCUT2D eigenvalue weighted by atomic mass is 9.97. The second-order valence-corrected chi connectivity index (χ2v) is 9.04. The highest BCUT2D eigenvalue weighted by molar-refractivity contribution is 5.99. The highest BCUT2D eigenvalue weighted by Gasteiger charge is 2.40. The van der Waals surface area contributed by atoms with Crippen LogP contribution in [0.4, 0.5) is 0 Å². The molecule has 0 aromatic heterocycles. The van der Waals surface area contributed by atoms with Gasteiger partial charge in [-0.25, -0.2) is 4.99 Å². The molecule has 0 unspecified atom stereocenters. The SMILES string of the molecule is N#C/C(C1=N[C@@H](c2ccccc2)[C@@H](c2ccccc2)O1)=C1/N[C@@H](c2ccccc2)[C@@H](c2ccccc2)O1. The molecule has 2 aliphatic rings. The maximum Gasteiger partial charge on any atom is 0.234 e. The van der Waals surface area contributed by atoms with Gasteiger partial charge in [-0.05, 0) is 22.3 Å². The molecule has 6 rings (SSSR count). The largest absolute Gasteiger partial charge is 0.467 e. The number of hydrogen-bond acceptors (Lipinski definition) is 5. The van der Waals surface area contributed by atoms with Crippen LogP contribution in [0.5, 0.6) is 0 Å². The van der Waals surface area contributed by atoms with Crippen LogP contribution in [0, 0.1) is 11.3 Å². The van der Waals surface area contributed by atoms with E-state index in [-0.39, 0.29) is 35.8 Å². The van der Waals surface area contributed by atoms with Crippen LogP contribution in [-0.2, 0) is 9.47 Å². The quantitative estimate of drug-likeness (QED) is 0.320. The first-order valence-corrected chi connectivity index (χ1v) is 12.3. The minimum absolute atomic E-state index is 0.168. The Labute approximate surface area is 216 Å². The van der Waals surface area contributed by atoms with Crippen molar-refractivity contribution in [2.75, 3.05) is 0 Å². The molecule has 4 atom stereocenters. The Morgan fingerprint density at radius 2 is 1.11 bits per heavy atom. The standard InChI is InChI=1S/C32H25N3O2/c33-21-26(31-34-27(22-13-5-1-6-14-22)29(36-31)24-17-9-3-10-18-24)32-35-28(23-15-7-2-8-16-23)30(37-32)25-19-11-4-12-20-25/h1-20,27-30,34H/b31-26+/t27-,28-,29+,30+/m0/s1. The molecular weight excluding hydrogens is 458 g/mol. The van der Waals surface area contributed by atoms with Crippen molar-refractivity contribution < 1.29 is 9.47 Å². The number of nitriles is 1. The zero-order valence-electron chi connectivity index (χ0n) is 20.1. The van der Waals surface area contributed by atoms with Crippen LogP contribution in [0.25, 0.3) is 0 Å². The van der Waals surface area contributed by atoms with Gasteiger partial charge in [-0.3, -0.25) is 0 Å². The molecule has 2 aliphatic heterocycles. The number of aliphatic imine (C=N–C) groups is 1. The van der Waals surface area contributed by atoms with Gasteiger partial charge < -0.3 is 14.8 Å². The van der Waals surface area contributed by atoms with Gasteiger partial charge in [0, 0.05) is 0 Å². The number of hydrogen-bond donors (Lipinski definition) is 1. The molecule has 1 N–H and O–H groups in total. The molecule has 0 bridgehead atoms. The first-order valence-electron chi connectivity index (χ1n) is 12.3. The highest BCUT2D eigenvalue weighted by Crippen LogP contribution is 2.44. The molecule has 1 saturated heterocycles. The van der Waals surface area contributed by atoms with Crippen LogP contribution < -0.4 is 5.32 Å². The van der Waals surface area contributed by atoms with E-state index in [1.807, 2.05) is 109 Å². The van der Waals surface area contributed by atoms with Crippen molar-refractivity contribution in [2.45, 2.75) is 24.3 Å². The summed E-state index contributed by atoms with van der Waals surface area (Å²) in [4.78, 5) is 4.92. The van der Waals surface area contributed by atoms with Crippen molar-refractivity contribution in [3.8, 4) is 6.07 Å². The zero-order valence-corrected chi connectivity index (χ0v) is 20.1. The smallest absolute Gasteiger partial charge is 0.234 e. The van der Waals surface area contributed by atoms with Gasteiger partial charge in [0.15, 0.2) is 11.7 Å². The molecular formula is C32H25N3O2. The van der Waals surface area contributed by atoms with Gasteiger partial charge in [0.2, 0.25) is 11.8 Å².